The second kappa shape index (κ2) is 10.1. The van der Waals surface area contributed by atoms with Crippen LogP contribution in [0.2, 0.25) is 0 Å². The van der Waals surface area contributed by atoms with Crippen molar-refractivity contribution in [3.63, 3.8) is 0 Å². The van der Waals surface area contributed by atoms with E-state index in [0.717, 1.165) is 45.7 Å². The van der Waals surface area contributed by atoms with Crippen molar-refractivity contribution in [2.75, 3.05) is 45.9 Å². The van der Waals surface area contributed by atoms with Gasteiger partial charge in [0.25, 0.3) is 11.8 Å². The first-order valence-corrected chi connectivity index (χ1v) is 8.67. The molecule has 0 atom stereocenters. The van der Waals surface area contributed by atoms with Crippen molar-refractivity contribution >= 4 is 11.8 Å². The molecule has 0 aromatic heterocycles. The average molecular weight is 333 g/mol. The molecule has 2 rings (SSSR count). The minimum atomic E-state index is -0.147. The molecule has 6 nitrogen and oxygen atoms in total. The van der Waals surface area contributed by atoms with E-state index in [2.05, 4.69) is 22.5 Å². The number of hydrogen-bond acceptors (Lipinski definition) is 4. The largest absolute Gasteiger partial charge is 0.379 e. The fourth-order valence-electron chi connectivity index (χ4n) is 2.54. The Kier molecular flexibility index (Phi) is 7.71. The quantitative estimate of drug-likeness (QED) is 0.703. The molecular weight excluding hydrogens is 306 g/mol. The van der Waals surface area contributed by atoms with Crippen molar-refractivity contribution < 1.29 is 14.3 Å². The van der Waals surface area contributed by atoms with Gasteiger partial charge in [0.05, 0.1) is 13.2 Å². The van der Waals surface area contributed by atoms with Crippen LogP contribution in [0, 0.1) is 0 Å². The maximum absolute atomic E-state index is 12.2. The molecule has 2 N–H and O–H groups in total. The van der Waals surface area contributed by atoms with Crippen LogP contribution >= 0.6 is 0 Å². The third kappa shape index (κ3) is 5.94. The number of nitrogens with zero attached hydrogens (tertiary/aromatic N) is 1. The molecule has 1 aliphatic rings. The topological polar surface area (TPSA) is 70.7 Å². The third-order valence-electron chi connectivity index (χ3n) is 4.02. The lowest BCUT2D eigenvalue weighted by atomic mass is 10.1. The van der Waals surface area contributed by atoms with Gasteiger partial charge >= 0.3 is 0 Å². The summed E-state index contributed by atoms with van der Waals surface area (Å²) in [6.45, 7) is 7.45. The van der Waals surface area contributed by atoms with Crippen LogP contribution in [0.25, 0.3) is 0 Å². The normalized spacial score (nSPS) is 15.0. The summed E-state index contributed by atoms with van der Waals surface area (Å²) in [4.78, 5) is 26.6. The Bertz CT molecular complexity index is 542. The van der Waals surface area contributed by atoms with Gasteiger partial charge in [0.2, 0.25) is 0 Å². The molecule has 0 saturated carbocycles. The van der Waals surface area contributed by atoms with Crippen molar-refractivity contribution in [2.45, 2.75) is 19.8 Å². The third-order valence-corrected chi connectivity index (χ3v) is 4.02. The Labute approximate surface area is 143 Å². The number of rotatable bonds is 8. The molecule has 1 fully saturated rings. The molecule has 2 amide bonds. The van der Waals surface area contributed by atoms with Crippen molar-refractivity contribution in [1.82, 2.24) is 15.5 Å². The highest BCUT2D eigenvalue weighted by Crippen LogP contribution is 2.06. The summed E-state index contributed by atoms with van der Waals surface area (Å²) in [5, 5.41) is 5.77. The lowest BCUT2D eigenvalue weighted by Gasteiger charge is -2.26. The minimum Gasteiger partial charge on any atom is -0.379 e. The summed E-state index contributed by atoms with van der Waals surface area (Å²) in [5.41, 5.74) is 1.03. The van der Waals surface area contributed by atoms with E-state index in [4.69, 9.17) is 4.74 Å². The van der Waals surface area contributed by atoms with Gasteiger partial charge in [-0.2, -0.15) is 0 Å². The van der Waals surface area contributed by atoms with Crippen LogP contribution < -0.4 is 10.6 Å². The summed E-state index contributed by atoms with van der Waals surface area (Å²) in [6, 6.07) is 6.84. The maximum atomic E-state index is 12.2. The molecule has 1 aromatic carbocycles. The van der Waals surface area contributed by atoms with Gasteiger partial charge in [-0.05, 0) is 24.6 Å². The summed E-state index contributed by atoms with van der Waals surface area (Å²) >= 11 is 0. The van der Waals surface area contributed by atoms with Crippen LogP contribution in [0.4, 0.5) is 0 Å². The highest BCUT2D eigenvalue weighted by Gasteiger charge is 2.12. The van der Waals surface area contributed by atoms with Crippen LogP contribution in [0.1, 0.15) is 40.5 Å². The van der Waals surface area contributed by atoms with Gasteiger partial charge in [0.1, 0.15) is 0 Å². The minimum absolute atomic E-state index is 0.133. The first-order valence-electron chi connectivity index (χ1n) is 8.67. The van der Waals surface area contributed by atoms with Gasteiger partial charge in [-0.15, -0.1) is 0 Å². The lowest BCUT2D eigenvalue weighted by Crippen LogP contribution is -2.41. The van der Waals surface area contributed by atoms with E-state index < -0.39 is 0 Å². The number of nitrogens with one attached hydrogen (secondary N) is 2. The maximum Gasteiger partial charge on any atom is 0.251 e. The molecular formula is C18H27N3O3. The Balaban J connectivity index is 1.80. The molecule has 132 valence electrons. The number of carbonyl (C=O) groups is 2. The fourth-order valence-corrected chi connectivity index (χ4v) is 2.54. The molecule has 0 aliphatic carbocycles. The Morgan fingerprint density at radius 3 is 2.33 bits per heavy atom. The number of unbranched alkanes of at least 4 members (excludes halogenated alkanes) is 1. The molecule has 0 bridgehead atoms. The standard InChI is InChI=1S/C18H27N3O3/c1-2-3-7-19-17(22)15-5-4-6-16(14-15)18(23)20-8-9-21-10-12-24-13-11-21/h4-6,14H,2-3,7-13H2,1H3,(H,19,22)(H,20,23). The summed E-state index contributed by atoms with van der Waals surface area (Å²) in [6.07, 6.45) is 1.99. The van der Waals surface area contributed by atoms with Gasteiger partial charge in [-0.3, -0.25) is 14.5 Å². The van der Waals surface area contributed by atoms with Gasteiger partial charge in [-0.25, -0.2) is 0 Å². The smallest absolute Gasteiger partial charge is 0.251 e. The average Bonchev–Trinajstić information content (AvgIpc) is 2.63. The predicted octanol–water partition coefficient (Wildman–Crippen LogP) is 1.28. The van der Waals surface area contributed by atoms with E-state index in [1.807, 2.05) is 0 Å². The zero-order valence-corrected chi connectivity index (χ0v) is 14.3. The first-order chi connectivity index (χ1) is 11.7. The van der Waals surface area contributed by atoms with Crippen LogP contribution in [-0.4, -0.2) is 62.7 Å². The van der Waals surface area contributed by atoms with E-state index in [-0.39, 0.29) is 11.8 Å². The summed E-state index contributed by atoms with van der Waals surface area (Å²) < 4.78 is 5.30. The highest BCUT2D eigenvalue weighted by molar-refractivity contribution is 5.99. The number of hydrogen-bond donors (Lipinski definition) is 2. The molecule has 24 heavy (non-hydrogen) atoms. The molecule has 0 unspecified atom stereocenters. The molecule has 0 spiro atoms. The van der Waals surface area contributed by atoms with Crippen molar-refractivity contribution in [2.24, 2.45) is 0 Å². The van der Waals surface area contributed by atoms with E-state index in [1.54, 1.807) is 24.3 Å². The molecule has 1 aliphatic heterocycles. The summed E-state index contributed by atoms with van der Waals surface area (Å²) in [5.74, 6) is -0.280. The number of carbonyl (C=O) groups excluding carboxylic acids is 2. The molecule has 6 heteroatoms. The Morgan fingerprint density at radius 1 is 1.08 bits per heavy atom. The number of ether oxygens (including phenoxy) is 1. The molecule has 1 heterocycles. The predicted molar refractivity (Wildman–Crippen MR) is 93.3 cm³/mol. The van der Waals surface area contributed by atoms with Crippen LogP contribution in [0.3, 0.4) is 0 Å². The zero-order valence-electron chi connectivity index (χ0n) is 14.3. The van der Waals surface area contributed by atoms with Crippen LogP contribution in [0.15, 0.2) is 24.3 Å². The Hall–Kier alpha value is -1.92. The monoisotopic (exact) mass is 333 g/mol. The van der Waals surface area contributed by atoms with Crippen LogP contribution in [0.5, 0.6) is 0 Å². The highest BCUT2D eigenvalue weighted by atomic mass is 16.5. The molecule has 1 saturated heterocycles. The van der Waals surface area contributed by atoms with E-state index in [1.165, 1.54) is 0 Å². The summed E-state index contributed by atoms with van der Waals surface area (Å²) in [7, 11) is 0. The molecule has 1 aromatic rings. The Morgan fingerprint density at radius 2 is 1.71 bits per heavy atom. The van der Waals surface area contributed by atoms with E-state index >= 15 is 0 Å². The van der Waals surface area contributed by atoms with Gasteiger partial charge < -0.3 is 15.4 Å². The van der Waals surface area contributed by atoms with E-state index in [0.29, 0.717) is 24.2 Å². The van der Waals surface area contributed by atoms with E-state index in [9.17, 15) is 9.59 Å². The number of morpholine rings is 1. The molecule has 0 radical (unpaired) electrons. The zero-order chi connectivity index (χ0) is 17.2. The van der Waals surface area contributed by atoms with Crippen molar-refractivity contribution in [1.29, 1.82) is 0 Å². The van der Waals surface area contributed by atoms with Gasteiger partial charge in [-0.1, -0.05) is 19.4 Å². The van der Waals surface area contributed by atoms with Gasteiger partial charge in [0, 0.05) is 43.9 Å². The second-order valence-corrected chi connectivity index (χ2v) is 5.90. The lowest BCUT2D eigenvalue weighted by molar-refractivity contribution is 0.0383. The SMILES string of the molecule is CCCCNC(=O)c1cccc(C(=O)NCCN2CCOCC2)c1. The second-order valence-electron chi connectivity index (χ2n) is 5.90. The number of amides is 2. The first kappa shape index (κ1) is 18.4. The fraction of sp³-hybridized carbons (Fsp3) is 0.556. The van der Waals surface area contributed by atoms with Crippen molar-refractivity contribution in [3.8, 4) is 0 Å². The van der Waals surface area contributed by atoms with Crippen LogP contribution in [-0.2, 0) is 4.74 Å². The number of benzene rings is 1. The van der Waals surface area contributed by atoms with Crippen molar-refractivity contribution in [3.05, 3.63) is 35.4 Å². The van der Waals surface area contributed by atoms with Gasteiger partial charge in [0.15, 0.2) is 0 Å².